The number of carbonyl (C=O) groups excluding carboxylic acids is 1. The van der Waals surface area contributed by atoms with Gasteiger partial charge in [-0.3, -0.25) is 4.57 Å². The number of piperidine rings is 1. The van der Waals surface area contributed by atoms with Gasteiger partial charge in [0.05, 0.1) is 51.1 Å². The first-order chi connectivity index (χ1) is 21.2. The fourth-order valence-corrected chi connectivity index (χ4v) is 7.77. The highest BCUT2D eigenvalue weighted by atomic mass is 31.2. The van der Waals surface area contributed by atoms with Crippen LogP contribution in [0.1, 0.15) is 133 Å². The summed E-state index contributed by atoms with van der Waals surface area (Å²) in [6.45, 7) is 2.52. The van der Waals surface area contributed by atoms with Crippen LogP contribution in [0.25, 0.3) is 0 Å². The van der Waals surface area contributed by atoms with Crippen LogP contribution in [0.3, 0.4) is 0 Å². The van der Waals surface area contributed by atoms with Crippen molar-refractivity contribution in [3.8, 4) is 0 Å². The lowest BCUT2D eigenvalue weighted by Crippen LogP contribution is -2.56. The lowest BCUT2D eigenvalue weighted by molar-refractivity contribution is -0.931. The van der Waals surface area contributed by atoms with Gasteiger partial charge in [0, 0.05) is 32.3 Å². The van der Waals surface area contributed by atoms with E-state index >= 15 is 0 Å². The molecule has 4 unspecified atom stereocenters. The van der Waals surface area contributed by atoms with Gasteiger partial charge in [0.15, 0.2) is 0 Å². The van der Waals surface area contributed by atoms with Gasteiger partial charge in [-0.15, -0.1) is 0 Å². The molecule has 9 heteroatoms. The van der Waals surface area contributed by atoms with Crippen molar-refractivity contribution >= 4 is 13.8 Å². The highest BCUT2D eigenvalue weighted by Crippen LogP contribution is 2.47. The molecule has 0 spiro atoms. The highest BCUT2D eigenvalue weighted by Gasteiger charge is 2.49. The van der Waals surface area contributed by atoms with Crippen LogP contribution >= 0.6 is 7.82 Å². The standard InChI is InChI=1S/C35H60NO7P/c1-4-5-6-7-8-9-10-11-12-13-14-15-16-20-25-40-28-34(42-35(37)30-21-18-17-19-22-30)29-41-44(38,39)43-33-26-31-23-24-32(27-33)36(31,2)3/h17-19,21-22,31-34H,4-16,20,23-29H2,1-3H3. The molecule has 4 atom stereocenters. The SMILES string of the molecule is CCCCCCCCCCCCCCCCOCC(COP(=O)([O-])OC1CC2CCC(C1)[N+]2(C)C)OC(=O)c1ccccc1. The molecule has 0 amide bonds. The van der Waals surface area contributed by atoms with Gasteiger partial charge < -0.3 is 27.9 Å². The summed E-state index contributed by atoms with van der Waals surface area (Å²) in [6.07, 6.45) is 20.4. The van der Waals surface area contributed by atoms with Gasteiger partial charge in [-0.05, 0) is 18.6 Å². The molecule has 8 nitrogen and oxygen atoms in total. The van der Waals surface area contributed by atoms with Crippen molar-refractivity contribution in [2.45, 2.75) is 147 Å². The highest BCUT2D eigenvalue weighted by molar-refractivity contribution is 7.45. The van der Waals surface area contributed by atoms with E-state index < -0.39 is 19.9 Å². The van der Waals surface area contributed by atoms with Crippen molar-refractivity contribution in [3.05, 3.63) is 35.9 Å². The maximum atomic E-state index is 12.8. The van der Waals surface area contributed by atoms with Crippen molar-refractivity contribution < 1.29 is 37.3 Å². The number of ether oxygens (including phenoxy) is 2. The number of phosphoric acid groups is 1. The van der Waals surface area contributed by atoms with E-state index in [9.17, 15) is 14.3 Å². The third kappa shape index (κ3) is 13.6. The fraction of sp³-hybridized carbons (Fsp3) is 0.800. The van der Waals surface area contributed by atoms with Crippen molar-refractivity contribution in [3.63, 3.8) is 0 Å². The molecule has 1 aromatic rings. The second-order valence-corrected chi connectivity index (χ2v) is 14.9. The largest absolute Gasteiger partial charge is 0.756 e. The van der Waals surface area contributed by atoms with E-state index in [0.717, 1.165) is 30.2 Å². The summed E-state index contributed by atoms with van der Waals surface area (Å²) in [5.41, 5.74) is 0.393. The zero-order chi connectivity index (χ0) is 31.7. The zero-order valence-corrected chi connectivity index (χ0v) is 28.7. The van der Waals surface area contributed by atoms with E-state index in [4.69, 9.17) is 18.5 Å². The topological polar surface area (TPSA) is 94.1 Å². The Balaban J connectivity index is 1.31. The summed E-state index contributed by atoms with van der Waals surface area (Å²) in [7, 11) is -0.140. The Kier molecular flexibility index (Phi) is 17.0. The number of carbonyl (C=O) groups is 1. The molecular weight excluding hydrogens is 577 g/mol. The Labute approximate surface area is 267 Å². The molecule has 252 valence electrons. The summed E-state index contributed by atoms with van der Waals surface area (Å²) >= 11 is 0. The van der Waals surface area contributed by atoms with Gasteiger partial charge in [0.1, 0.15) is 6.10 Å². The number of rotatable bonds is 24. The number of phosphoric ester groups is 1. The minimum Gasteiger partial charge on any atom is -0.756 e. The zero-order valence-electron chi connectivity index (χ0n) is 27.8. The van der Waals surface area contributed by atoms with E-state index in [2.05, 4.69) is 21.0 Å². The fourth-order valence-electron chi connectivity index (χ4n) is 6.83. The second-order valence-electron chi connectivity index (χ2n) is 13.5. The molecule has 0 N–H and O–H groups in total. The van der Waals surface area contributed by atoms with Crippen molar-refractivity contribution in [2.24, 2.45) is 0 Å². The first-order valence-corrected chi connectivity index (χ1v) is 19.0. The monoisotopic (exact) mass is 637 g/mol. The number of nitrogens with zero attached hydrogens (tertiary/aromatic N) is 1. The predicted molar refractivity (Wildman–Crippen MR) is 173 cm³/mol. The van der Waals surface area contributed by atoms with Crippen LogP contribution in [0.2, 0.25) is 0 Å². The van der Waals surface area contributed by atoms with Gasteiger partial charge >= 0.3 is 5.97 Å². The van der Waals surface area contributed by atoms with E-state index in [1.54, 1.807) is 24.3 Å². The number of fused-ring (bicyclic) bond motifs is 2. The predicted octanol–water partition coefficient (Wildman–Crippen LogP) is 7.98. The van der Waals surface area contributed by atoms with E-state index in [1.165, 1.54) is 77.0 Å². The minimum absolute atomic E-state index is 0.0657. The quantitative estimate of drug-likeness (QED) is 0.0491. The van der Waals surface area contributed by atoms with Gasteiger partial charge in [-0.2, -0.15) is 0 Å². The Morgan fingerprint density at radius 1 is 0.841 bits per heavy atom. The van der Waals surface area contributed by atoms with Crippen LogP contribution in [0.15, 0.2) is 30.3 Å². The van der Waals surface area contributed by atoms with Crippen LogP contribution in [0, 0.1) is 0 Å². The normalized spacial score (nSPS) is 22.9. The van der Waals surface area contributed by atoms with Gasteiger partial charge in [0.2, 0.25) is 0 Å². The number of quaternary nitrogens is 1. The smallest absolute Gasteiger partial charge is 0.338 e. The Hall–Kier alpha value is -1.28. The summed E-state index contributed by atoms with van der Waals surface area (Å²) in [6, 6.07) is 9.46. The summed E-state index contributed by atoms with van der Waals surface area (Å²) < 4.78 is 35.9. The molecule has 1 aromatic carbocycles. The number of hydrogen-bond donors (Lipinski definition) is 0. The molecule has 0 radical (unpaired) electrons. The summed E-state index contributed by atoms with van der Waals surface area (Å²) in [4.78, 5) is 25.5. The van der Waals surface area contributed by atoms with Crippen LogP contribution in [-0.2, 0) is 23.1 Å². The summed E-state index contributed by atoms with van der Waals surface area (Å²) in [5.74, 6) is -0.537. The third-order valence-corrected chi connectivity index (χ3v) is 10.7. The molecular formula is C35H60NO7P. The molecule has 0 aliphatic carbocycles. The number of hydrogen-bond acceptors (Lipinski definition) is 7. The Bertz CT molecular complexity index is 959. The van der Waals surface area contributed by atoms with E-state index in [1.807, 2.05) is 6.07 Å². The average molecular weight is 638 g/mol. The first-order valence-electron chi connectivity index (χ1n) is 17.5. The third-order valence-electron chi connectivity index (χ3n) is 9.71. The van der Waals surface area contributed by atoms with Crippen LogP contribution in [0.4, 0.5) is 0 Å². The van der Waals surface area contributed by atoms with Crippen LogP contribution in [0.5, 0.6) is 0 Å². The molecule has 3 rings (SSSR count). The molecule has 44 heavy (non-hydrogen) atoms. The molecule has 0 saturated carbocycles. The van der Waals surface area contributed by atoms with E-state index in [-0.39, 0.29) is 19.3 Å². The van der Waals surface area contributed by atoms with Crippen LogP contribution in [-0.4, -0.2) is 68.7 Å². The average Bonchev–Trinajstić information content (AvgIpc) is 3.13. The molecule has 2 fully saturated rings. The second kappa shape index (κ2) is 20.1. The lowest BCUT2D eigenvalue weighted by atomic mass is 9.98. The summed E-state index contributed by atoms with van der Waals surface area (Å²) in [5, 5.41) is 0. The van der Waals surface area contributed by atoms with Gasteiger partial charge in [0.25, 0.3) is 7.82 Å². The van der Waals surface area contributed by atoms with Crippen molar-refractivity contribution in [1.82, 2.24) is 0 Å². The van der Waals surface area contributed by atoms with Gasteiger partial charge in [-0.25, -0.2) is 4.79 Å². The van der Waals surface area contributed by atoms with Crippen molar-refractivity contribution in [1.29, 1.82) is 0 Å². The minimum atomic E-state index is -4.58. The number of esters is 1. The van der Waals surface area contributed by atoms with Crippen molar-refractivity contribution in [2.75, 3.05) is 33.9 Å². The molecule has 2 bridgehead atoms. The molecule has 2 saturated heterocycles. The van der Waals surface area contributed by atoms with Gasteiger partial charge in [-0.1, -0.05) is 109 Å². The molecule has 2 aliphatic rings. The first kappa shape index (κ1) is 37.2. The Morgan fingerprint density at radius 2 is 1.36 bits per heavy atom. The number of unbranched alkanes of at least 4 members (excludes halogenated alkanes) is 13. The maximum Gasteiger partial charge on any atom is 0.338 e. The molecule has 2 aliphatic heterocycles. The van der Waals surface area contributed by atoms with E-state index in [0.29, 0.717) is 37.1 Å². The van der Waals surface area contributed by atoms with Crippen LogP contribution < -0.4 is 4.89 Å². The Morgan fingerprint density at radius 3 is 1.91 bits per heavy atom. The maximum absolute atomic E-state index is 12.8. The lowest BCUT2D eigenvalue weighted by Gasteiger charge is -2.45. The molecule has 0 aromatic heterocycles. The number of benzene rings is 1. The molecule has 2 heterocycles.